The molecule has 0 radical (unpaired) electrons. The van der Waals surface area contributed by atoms with Crippen LogP contribution in [0, 0.1) is 0 Å². The van der Waals surface area contributed by atoms with Crippen LogP contribution in [0.25, 0.3) is 0 Å². The minimum absolute atomic E-state index is 0.218. The fourth-order valence-corrected chi connectivity index (χ4v) is 3.28. The van der Waals surface area contributed by atoms with Gasteiger partial charge in [-0.15, -0.1) is 0 Å². The number of rotatable bonds is 2. The van der Waals surface area contributed by atoms with E-state index in [1.54, 1.807) is 7.11 Å². The predicted octanol–water partition coefficient (Wildman–Crippen LogP) is 3.12. The Kier molecular flexibility index (Phi) is 3.88. The maximum Gasteiger partial charge on any atom is 0.136 e. The van der Waals surface area contributed by atoms with E-state index in [-0.39, 0.29) is 12.1 Å². The molecular weight excluding hydrogens is 250 g/mol. The number of carbonyl (C=O) groups is 1. The Morgan fingerprint density at radius 1 is 1.20 bits per heavy atom. The molecular formula is C17H21NO2. The van der Waals surface area contributed by atoms with Crippen LogP contribution in [-0.4, -0.2) is 30.4 Å². The molecule has 1 saturated heterocycles. The molecule has 106 valence electrons. The topological polar surface area (TPSA) is 29.5 Å². The van der Waals surface area contributed by atoms with Gasteiger partial charge in [0, 0.05) is 24.9 Å². The molecule has 2 aliphatic heterocycles. The van der Waals surface area contributed by atoms with Crippen molar-refractivity contribution < 1.29 is 9.53 Å². The van der Waals surface area contributed by atoms with Crippen LogP contribution >= 0.6 is 0 Å². The molecule has 2 heterocycles. The van der Waals surface area contributed by atoms with Gasteiger partial charge in [0.1, 0.15) is 11.5 Å². The first-order valence-corrected chi connectivity index (χ1v) is 7.36. The van der Waals surface area contributed by atoms with Crippen LogP contribution in [-0.2, 0) is 4.79 Å². The number of benzene rings is 1. The fourth-order valence-electron chi connectivity index (χ4n) is 3.28. The fraction of sp³-hybridized carbons (Fsp3) is 0.471. The summed E-state index contributed by atoms with van der Waals surface area (Å²) in [5.41, 5.74) is 1.22. The van der Waals surface area contributed by atoms with Crippen LogP contribution in [0.5, 0.6) is 5.75 Å². The Labute approximate surface area is 120 Å². The second kappa shape index (κ2) is 5.80. The number of carbonyl (C=O) groups excluding carboxylic acids is 1. The average Bonchev–Trinajstić information content (AvgIpc) is 2.71. The zero-order chi connectivity index (χ0) is 13.9. The summed E-state index contributed by atoms with van der Waals surface area (Å²) >= 11 is 0. The maximum absolute atomic E-state index is 12.1. The van der Waals surface area contributed by atoms with Gasteiger partial charge >= 0.3 is 0 Å². The van der Waals surface area contributed by atoms with E-state index in [1.807, 2.05) is 12.1 Å². The second-order valence-electron chi connectivity index (χ2n) is 5.61. The first-order valence-electron chi connectivity index (χ1n) is 7.36. The van der Waals surface area contributed by atoms with Gasteiger partial charge in [0.15, 0.2) is 0 Å². The molecule has 3 rings (SSSR count). The molecule has 0 aromatic heterocycles. The van der Waals surface area contributed by atoms with Crippen molar-refractivity contribution in [1.29, 1.82) is 0 Å². The number of nitrogens with zero attached hydrogens (tertiary/aromatic N) is 1. The van der Waals surface area contributed by atoms with E-state index < -0.39 is 0 Å². The Bertz CT molecular complexity index is 506. The van der Waals surface area contributed by atoms with E-state index in [0.717, 1.165) is 18.7 Å². The lowest BCUT2D eigenvalue weighted by Crippen LogP contribution is -2.43. The molecule has 2 atom stereocenters. The number of ether oxygens (including phenoxy) is 1. The van der Waals surface area contributed by atoms with E-state index in [0.29, 0.717) is 18.6 Å². The van der Waals surface area contributed by atoms with Gasteiger partial charge in [-0.25, -0.2) is 0 Å². The summed E-state index contributed by atoms with van der Waals surface area (Å²) < 4.78 is 5.21. The highest BCUT2D eigenvalue weighted by atomic mass is 16.5. The second-order valence-corrected chi connectivity index (χ2v) is 5.61. The van der Waals surface area contributed by atoms with Crippen molar-refractivity contribution in [2.75, 3.05) is 13.7 Å². The van der Waals surface area contributed by atoms with Gasteiger partial charge < -0.3 is 4.74 Å². The number of hydrogen-bond donors (Lipinski definition) is 0. The third kappa shape index (κ3) is 2.63. The number of methoxy groups -OCH3 is 1. The number of hydrogen-bond acceptors (Lipinski definition) is 3. The summed E-state index contributed by atoms with van der Waals surface area (Å²) in [6.45, 7) is 1.07. The van der Waals surface area contributed by atoms with Crippen molar-refractivity contribution >= 4 is 5.78 Å². The van der Waals surface area contributed by atoms with Crippen molar-refractivity contribution in [2.24, 2.45) is 0 Å². The van der Waals surface area contributed by atoms with Gasteiger partial charge in [-0.05, 0) is 37.1 Å². The highest BCUT2D eigenvalue weighted by Gasteiger charge is 2.34. The van der Waals surface area contributed by atoms with Crippen LogP contribution in [0.1, 0.15) is 37.3 Å². The lowest BCUT2D eigenvalue weighted by molar-refractivity contribution is -0.124. The van der Waals surface area contributed by atoms with E-state index >= 15 is 0 Å². The third-order valence-corrected chi connectivity index (χ3v) is 4.33. The minimum atomic E-state index is 0.218. The van der Waals surface area contributed by atoms with Gasteiger partial charge in [-0.2, -0.15) is 0 Å². The lowest BCUT2D eigenvalue weighted by atomic mass is 9.90. The summed E-state index contributed by atoms with van der Waals surface area (Å²) in [4.78, 5) is 14.5. The summed E-state index contributed by atoms with van der Waals surface area (Å²) in [7, 11) is 1.68. The molecule has 20 heavy (non-hydrogen) atoms. The minimum Gasteiger partial charge on any atom is -0.497 e. The van der Waals surface area contributed by atoms with Gasteiger partial charge in [0.05, 0.1) is 7.11 Å². The molecule has 1 aromatic carbocycles. The standard InChI is InChI=1S/C17H21NO2/c1-20-16-8-6-13(7-9-16)17-12-15(19)11-14-5-3-2-4-10-18(14)17/h3,5-9,14,17H,2,4,10-12H2,1H3/t14-,17+/m0/s1. The summed E-state index contributed by atoms with van der Waals surface area (Å²) in [6, 6.07) is 8.65. The monoisotopic (exact) mass is 271 g/mol. The first kappa shape index (κ1) is 13.4. The molecule has 0 spiro atoms. The number of allylic oxidation sites excluding steroid dienone is 1. The molecule has 3 nitrogen and oxygen atoms in total. The van der Waals surface area contributed by atoms with Crippen molar-refractivity contribution in [3.8, 4) is 5.75 Å². The van der Waals surface area contributed by atoms with Crippen molar-refractivity contribution in [3.05, 3.63) is 42.0 Å². The van der Waals surface area contributed by atoms with Crippen LogP contribution < -0.4 is 4.74 Å². The molecule has 3 heteroatoms. The zero-order valence-electron chi connectivity index (χ0n) is 11.9. The molecule has 0 N–H and O–H groups in total. The molecule has 1 aromatic rings. The largest absolute Gasteiger partial charge is 0.497 e. The molecule has 0 amide bonds. The lowest BCUT2D eigenvalue weighted by Gasteiger charge is -2.40. The SMILES string of the molecule is COc1ccc([C@H]2CC(=O)C[C@@H]3C=CCCCN23)cc1. The Morgan fingerprint density at radius 2 is 2.00 bits per heavy atom. The smallest absolute Gasteiger partial charge is 0.136 e. The van der Waals surface area contributed by atoms with Crippen molar-refractivity contribution in [2.45, 2.75) is 37.8 Å². The Morgan fingerprint density at radius 3 is 2.75 bits per heavy atom. The molecule has 2 aliphatic rings. The summed E-state index contributed by atoms with van der Waals surface area (Å²) in [5.74, 6) is 1.24. The zero-order valence-corrected chi connectivity index (χ0v) is 11.9. The van der Waals surface area contributed by atoms with Gasteiger partial charge in [0.25, 0.3) is 0 Å². The molecule has 1 fully saturated rings. The predicted molar refractivity (Wildman–Crippen MR) is 78.8 cm³/mol. The van der Waals surface area contributed by atoms with E-state index in [1.165, 1.54) is 12.0 Å². The molecule has 0 aliphatic carbocycles. The van der Waals surface area contributed by atoms with Crippen LogP contribution in [0.4, 0.5) is 0 Å². The van der Waals surface area contributed by atoms with Crippen LogP contribution in [0.2, 0.25) is 0 Å². The van der Waals surface area contributed by atoms with E-state index in [9.17, 15) is 4.79 Å². The third-order valence-electron chi connectivity index (χ3n) is 4.33. The number of piperidine rings is 1. The quantitative estimate of drug-likeness (QED) is 0.774. The number of Topliss-reactive ketones (excluding diaryl/α,β-unsaturated/α-hetero) is 1. The van der Waals surface area contributed by atoms with Crippen LogP contribution in [0.3, 0.4) is 0 Å². The Hall–Kier alpha value is -1.61. The number of ketones is 1. The van der Waals surface area contributed by atoms with Gasteiger partial charge in [-0.3, -0.25) is 9.69 Å². The summed E-state index contributed by atoms with van der Waals surface area (Å²) in [6.07, 6.45) is 8.05. The number of fused-ring (bicyclic) bond motifs is 1. The molecule has 0 unspecified atom stereocenters. The average molecular weight is 271 g/mol. The highest BCUT2D eigenvalue weighted by Crippen LogP contribution is 2.35. The van der Waals surface area contributed by atoms with E-state index in [2.05, 4.69) is 29.2 Å². The normalized spacial score (nSPS) is 26.9. The molecule has 0 bridgehead atoms. The van der Waals surface area contributed by atoms with Gasteiger partial charge in [0.2, 0.25) is 0 Å². The van der Waals surface area contributed by atoms with E-state index in [4.69, 9.17) is 4.74 Å². The van der Waals surface area contributed by atoms with Crippen molar-refractivity contribution in [1.82, 2.24) is 4.90 Å². The summed E-state index contributed by atoms with van der Waals surface area (Å²) in [5, 5.41) is 0. The van der Waals surface area contributed by atoms with Crippen LogP contribution in [0.15, 0.2) is 36.4 Å². The Balaban J connectivity index is 1.88. The van der Waals surface area contributed by atoms with Gasteiger partial charge in [-0.1, -0.05) is 24.3 Å². The first-order chi connectivity index (χ1) is 9.78. The molecule has 0 saturated carbocycles. The maximum atomic E-state index is 12.1. The van der Waals surface area contributed by atoms with Crippen molar-refractivity contribution in [3.63, 3.8) is 0 Å². The highest BCUT2D eigenvalue weighted by molar-refractivity contribution is 5.81.